The number of halogens is 3. The maximum absolute atomic E-state index is 12.1. The zero-order valence-electron chi connectivity index (χ0n) is 11.9. The van der Waals surface area contributed by atoms with E-state index in [9.17, 15) is 18.0 Å². The molecule has 1 atom stereocenters. The van der Waals surface area contributed by atoms with Crippen molar-refractivity contribution in [3.63, 3.8) is 0 Å². The van der Waals surface area contributed by atoms with Gasteiger partial charge in [-0.2, -0.15) is 0 Å². The molecule has 2 heterocycles. The van der Waals surface area contributed by atoms with Gasteiger partial charge in [0.25, 0.3) is 0 Å². The van der Waals surface area contributed by atoms with E-state index in [0.29, 0.717) is 28.2 Å². The molecule has 0 unspecified atom stereocenters. The average molecular weight is 377 g/mol. The average Bonchev–Trinajstić information content (AvgIpc) is 3.10. The highest BCUT2D eigenvalue weighted by Gasteiger charge is 2.31. The Kier molecular flexibility index (Phi) is 4.81. The molecule has 0 bridgehead atoms. The third-order valence-electron chi connectivity index (χ3n) is 2.88. The molecule has 0 aliphatic carbocycles. The molecule has 24 heavy (non-hydrogen) atoms. The van der Waals surface area contributed by atoms with Crippen LogP contribution in [0.15, 0.2) is 28.6 Å². The number of esters is 1. The fraction of sp³-hybridized carbons (Fsp3) is 0.308. The van der Waals surface area contributed by atoms with E-state index in [1.54, 1.807) is 0 Å². The summed E-state index contributed by atoms with van der Waals surface area (Å²) in [5, 5.41) is 11.0. The molecule has 1 saturated heterocycles. The second-order valence-electron chi connectivity index (χ2n) is 4.63. The third-order valence-corrected chi connectivity index (χ3v) is 5.04. The van der Waals surface area contributed by atoms with Crippen molar-refractivity contribution in [2.24, 2.45) is 0 Å². The van der Waals surface area contributed by atoms with Gasteiger partial charge in [-0.05, 0) is 24.3 Å². The fourth-order valence-electron chi connectivity index (χ4n) is 1.88. The van der Waals surface area contributed by atoms with Gasteiger partial charge in [0.15, 0.2) is 4.34 Å². The standard InChI is InChI=1S/C13H10F3N3O3S2/c14-13(15,16)22-8-3-1-7(2-4-8)17-11-18-19-12(24-11)23-9-5-6-21-10(9)20/h1-4,9H,5-6H2,(H,17,18)/t9-/m0/s1. The molecule has 1 N–H and O–H groups in total. The van der Waals surface area contributed by atoms with Crippen LogP contribution in [0.25, 0.3) is 0 Å². The van der Waals surface area contributed by atoms with Gasteiger partial charge in [-0.15, -0.1) is 23.4 Å². The molecule has 11 heteroatoms. The monoisotopic (exact) mass is 377 g/mol. The minimum Gasteiger partial charge on any atom is -0.465 e. The lowest BCUT2D eigenvalue weighted by atomic mass is 10.3. The fourth-order valence-corrected chi connectivity index (χ4v) is 3.86. The molecule has 6 nitrogen and oxygen atoms in total. The lowest BCUT2D eigenvalue weighted by Gasteiger charge is -2.09. The molecule has 1 aromatic carbocycles. The molecule has 0 spiro atoms. The number of ether oxygens (including phenoxy) is 2. The number of nitrogens with zero attached hydrogens (tertiary/aromatic N) is 2. The van der Waals surface area contributed by atoms with Crippen LogP contribution in [0.2, 0.25) is 0 Å². The molecular weight excluding hydrogens is 367 g/mol. The Morgan fingerprint density at radius 3 is 2.67 bits per heavy atom. The predicted molar refractivity (Wildman–Crippen MR) is 81.5 cm³/mol. The normalized spacial score (nSPS) is 17.6. The molecule has 2 aromatic rings. The minimum atomic E-state index is -4.72. The maximum Gasteiger partial charge on any atom is 0.573 e. The molecule has 1 fully saturated rings. The van der Waals surface area contributed by atoms with Crippen molar-refractivity contribution in [3.8, 4) is 5.75 Å². The number of alkyl halides is 3. The van der Waals surface area contributed by atoms with Crippen LogP contribution >= 0.6 is 23.1 Å². The Hall–Kier alpha value is -2.01. The van der Waals surface area contributed by atoms with Crippen LogP contribution in [0.1, 0.15) is 6.42 Å². The number of carbonyl (C=O) groups is 1. The van der Waals surface area contributed by atoms with Crippen LogP contribution in [0.3, 0.4) is 0 Å². The first-order valence-corrected chi connectivity index (χ1v) is 8.38. The zero-order chi connectivity index (χ0) is 17.2. The summed E-state index contributed by atoms with van der Waals surface area (Å²) in [5.74, 6) is -0.564. The number of anilines is 2. The van der Waals surface area contributed by atoms with Gasteiger partial charge in [0.05, 0.1) is 6.61 Å². The van der Waals surface area contributed by atoms with Crippen LogP contribution in [-0.2, 0) is 9.53 Å². The van der Waals surface area contributed by atoms with E-state index >= 15 is 0 Å². The molecule has 1 aromatic heterocycles. The number of benzene rings is 1. The van der Waals surface area contributed by atoms with E-state index in [-0.39, 0.29) is 17.0 Å². The summed E-state index contributed by atoms with van der Waals surface area (Å²) in [6, 6.07) is 5.26. The summed E-state index contributed by atoms with van der Waals surface area (Å²) in [6.45, 7) is 0.409. The van der Waals surface area contributed by atoms with Gasteiger partial charge in [-0.3, -0.25) is 4.79 Å². The maximum atomic E-state index is 12.1. The van der Waals surface area contributed by atoms with Gasteiger partial charge in [-0.25, -0.2) is 0 Å². The van der Waals surface area contributed by atoms with E-state index in [0.717, 1.165) is 0 Å². The molecule has 1 aliphatic heterocycles. The second kappa shape index (κ2) is 6.85. The topological polar surface area (TPSA) is 73.3 Å². The Bertz CT molecular complexity index is 721. The smallest absolute Gasteiger partial charge is 0.465 e. The number of thioether (sulfide) groups is 1. The van der Waals surface area contributed by atoms with Crippen molar-refractivity contribution in [3.05, 3.63) is 24.3 Å². The Labute approximate surface area is 142 Å². The summed E-state index contributed by atoms with van der Waals surface area (Å²) in [7, 11) is 0. The Balaban J connectivity index is 1.59. The first-order chi connectivity index (χ1) is 11.4. The second-order valence-corrected chi connectivity index (χ2v) is 7.06. The van der Waals surface area contributed by atoms with E-state index < -0.39 is 6.36 Å². The summed E-state index contributed by atoms with van der Waals surface area (Å²) in [5.41, 5.74) is 0.539. The number of aromatic nitrogens is 2. The third kappa shape index (κ3) is 4.51. The number of nitrogens with one attached hydrogen (secondary N) is 1. The first kappa shape index (κ1) is 16.8. The van der Waals surface area contributed by atoms with Gasteiger partial charge in [0.1, 0.15) is 11.0 Å². The highest BCUT2D eigenvalue weighted by Crippen LogP contribution is 2.34. The molecular formula is C13H10F3N3O3S2. The zero-order valence-corrected chi connectivity index (χ0v) is 13.5. The molecule has 0 radical (unpaired) electrons. The van der Waals surface area contributed by atoms with Crippen molar-refractivity contribution in [2.45, 2.75) is 22.4 Å². The first-order valence-electron chi connectivity index (χ1n) is 6.69. The number of hydrogen-bond acceptors (Lipinski definition) is 8. The van der Waals surface area contributed by atoms with E-state index in [4.69, 9.17) is 4.74 Å². The van der Waals surface area contributed by atoms with E-state index in [2.05, 4.69) is 20.3 Å². The molecule has 1 aliphatic rings. The molecule has 0 saturated carbocycles. The highest BCUT2D eigenvalue weighted by atomic mass is 32.2. The Morgan fingerprint density at radius 2 is 2.04 bits per heavy atom. The quantitative estimate of drug-likeness (QED) is 0.798. The largest absolute Gasteiger partial charge is 0.573 e. The van der Waals surface area contributed by atoms with Crippen LogP contribution in [0.4, 0.5) is 24.0 Å². The number of hydrogen-bond donors (Lipinski definition) is 1. The molecule has 0 amide bonds. The minimum absolute atomic E-state index is 0.259. The summed E-state index contributed by atoms with van der Waals surface area (Å²) < 4.78 is 45.6. The van der Waals surface area contributed by atoms with Gasteiger partial charge in [0.2, 0.25) is 5.13 Å². The summed E-state index contributed by atoms with van der Waals surface area (Å²) in [4.78, 5) is 11.4. The van der Waals surface area contributed by atoms with Crippen LogP contribution in [0, 0.1) is 0 Å². The summed E-state index contributed by atoms with van der Waals surface area (Å²) >= 11 is 2.53. The lowest BCUT2D eigenvalue weighted by Crippen LogP contribution is -2.16. The van der Waals surface area contributed by atoms with Crippen molar-refractivity contribution in [1.29, 1.82) is 0 Å². The van der Waals surface area contributed by atoms with Crippen LogP contribution in [0.5, 0.6) is 5.75 Å². The van der Waals surface area contributed by atoms with Crippen molar-refractivity contribution < 1.29 is 27.4 Å². The highest BCUT2D eigenvalue weighted by molar-refractivity contribution is 8.02. The Morgan fingerprint density at radius 1 is 1.29 bits per heavy atom. The van der Waals surface area contributed by atoms with E-state index in [1.807, 2.05) is 0 Å². The number of rotatable bonds is 5. The van der Waals surface area contributed by atoms with E-state index in [1.165, 1.54) is 47.4 Å². The summed E-state index contributed by atoms with van der Waals surface area (Å²) in [6.07, 6.45) is -4.09. The predicted octanol–water partition coefficient (Wildman–Crippen LogP) is 3.59. The molecule has 128 valence electrons. The SMILES string of the molecule is O=C1OCC[C@@H]1Sc1nnc(Nc2ccc(OC(F)(F)F)cc2)s1. The molecule has 3 rings (SSSR count). The van der Waals surface area contributed by atoms with Gasteiger partial charge < -0.3 is 14.8 Å². The lowest BCUT2D eigenvalue weighted by molar-refractivity contribution is -0.274. The number of carbonyl (C=O) groups excluding carboxylic acids is 1. The van der Waals surface area contributed by atoms with Crippen LogP contribution in [-0.4, -0.2) is 34.4 Å². The van der Waals surface area contributed by atoms with Gasteiger partial charge in [0, 0.05) is 12.1 Å². The number of cyclic esters (lactones) is 1. The van der Waals surface area contributed by atoms with Crippen LogP contribution < -0.4 is 10.1 Å². The van der Waals surface area contributed by atoms with Gasteiger partial charge in [-0.1, -0.05) is 23.1 Å². The van der Waals surface area contributed by atoms with Crippen molar-refractivity contribution in [2.75, 3.05) is 11.9 Å². The van der Waals surface area contributed by atoms with Crippen molar-refractivity contribution in [1.82, 2.24) is 10.2 Å². The van der Waals surface area contributed by atoms with Crippen molar-refractivity contribution >= 4 is 39.9 Å². The van der Waals surface area contributed by atoms with Gasteiger partial charge >= 0.3 is 12.3 Å².